The van der Waals surface area contributed by atoms with Crippen molar-refractivity contribution in [3.05, 3.63) is 0 Å². The van der Waals surface area contributed by atoms with E-state index in [1.165, 1.54) is 19.3 Å². The lowest BCUT2D eigenvalue weighted by molar-refractivity contribution is -0.114. The molecule has 4 nitrogen and oxygen atoms in total. The van der Waals surface area contributed by atoms with E-state index in [-0.39, 0.29) is 11.1 Å². The Balaban J connectivity index is 2.00. The van der Waals surface area contributed by atoms with Crippen LogP contribution in [0.3, 0.4) is 0 Å². The zero-order chi connectivity index (χ0) is 13.1. The molecule has 0 radical (unpaired) electrons. The second-order valence-corrected chi connectivity index (χ2v) is 6.22. The molecule has 18 heavy (non-hydrogen) atoms. The summed E-state index contributed by atoms with van der Waals surface area (Å²) in [5.41, 5.74) is 9.85. The van der Waals surface area contributed by atoms with Crippen molar-refractivity contribution >= 4 is 0 Å². The molecule has 0 amide bonds. The summed E-state index contributed by atoms with van der Waals surface area (Å²) in [4.78, 5) is 0. The molecule has 2 saturated heterocycles. The average molecular weight is 255 g/mol. The van der Waals surface area contributed by atoms with Crippen LogP contribution in [0.5, 0.6) is 0 Å². The van der Waals surface area contributed by atoms with E-state index in [0.29, 0.717) is 6.54 Å². The summed E-state index contributed by atoms with van der Waals surface area (Å²) in [5.74, 6) is 0. The quantitative estimate of drug-likeness (QED) is 0.802. The first-order valence-corrected chi connectivity index (χ1v) is 7.48. The summed E-state index contributed by atoms with van der Waals surface area (Å²) in [5, 5.41) is 2.39. The standard InChI is InChI=1S/C14H29N3O/c1-3-13(2)11-14(12-15,7-10-18-13)16-17-8-5-4-6-9-17/h16H,3-12,15H2,1-2H3. The highest BCUT2D eigenvalue weighted by atomic mass is 16.5. The number of rotatable bonds is 4. The van der Waals surface area contributed by atoms with Crippen molar-refractivity contribution in [2.75, 3.05) is 26.2 Å². The second kappa shape index (κ2) is 5.87. The molecule has 4 heteroatoms. The van der Waals surface area contributed by atoms with E-state index >= 15 is 0 Å². The summed E-state index contributed by atoms with van der Waals surface area (Å²) in [6.07, 6.45) is 7.06. The molecule has 0 bridgehead atoms. The molecule has 106 valence electrons. The van der Waals surface area contributed by atoms with Crippen molar-refractivity contribution in [3.8, 4) is 0 Å². The van der Waals surface area contributed by atoms with Gasteiger partial charge in [-0.3, -0.25) is 0 Å². The zero-order valence-electron chi connectivity index (χ0n) is 12.0. The van der Waals surface area contributed by atoms with Gasteiger partial charge in [-0.1, -0.05) is 13.3 Å². The smallest absolute Gasteiger partial charge is 0.0670 e. The molecule has 2 aliphatic rings. The molecule has 0 spiro atoms. The van der Waals surface area contributed by atoms with Gasteiger partial charge >= 0.3 is 0 Å². The van der Waals surface area contributed by atoms with Crippen LogP contribution in [0.15, 0.2) is 0 Å². The third-order valence-corrected chi connectivity index (χ3v) is 4.63. The van der Waals surface area contributed by atoms with Crippen molar-refractivity contribution in [2.45, 2.75) is 63.5 Å². The maximum absolute atomic E-state index is 6.09. The van der Waals surface area contributed by atoms with Gasteiger partial charge < -0.3 is 10.5 Å². The normalized spacial score (nSPS) is 38.8. The van der Waals surface area contributed by atoms with Crippen LogP contribution in [0, 0.1) is 0 Å². The molecule has 2 heterocycles. The molecule has 2 fully saturated rings. The first kappa shape index (κ1) is 14.3. The number of nitrogens with one attached hydrogen (secondary N) is 1. The Morgan fingerprint density at radius 1 is 1.28 bits per heavy atom. The van der Waals surface area contributed by atoms with E-state index in [2.05, 4.69) is 24.3 Å². The Bertz CT molecular complexity index is 268. The van der Waals surface area contributed by atoms with E-state index in [9.17, 15) is 0 Å². The lowest BCUT2D eigenvalue weighted by atomic mass is 9.79. The average Bonchev–Trinajstić information content (AvgIpc) is 2.40. The van der Waals surface area contributed by atoms with E-state index in [4.69, 9.17) is 10.5 Å². The topological polar surface area (TPSA) is 50.5 Å². The third kappa shape index (κ3) is 3.23. The summed E-state index contributed by atoms with van der Waals surface area (Å²) in [6, 6.07) is 0. The fourth-order valence-corrected chi connectivity index (χ4v) is 3.23. The molecule has 2 rings (SSSR count). The summed E-state index contributed by atoms with van der Waals surface area (Å²) < 4.78 is 5.95. The fourth-order valence-electron chi connectivity index (χ4n) is 3.23. The number of piperidine rings is 1. The molecule has 2 atom stereocenters. The summed E-state index contributed by atoms with van der Waals surface area (Å²) in [6.45, 7) is 8.25. The molecule has 0 aromatic rings. The Morgan fingerprint density at radius 3 is 2.61 bits per heavy atom. The van der Waals surface area contributed by atoms with Crippen LogP contribution in [0.1, 0.15) is 52.4 Å². The summed E-state index contributed by atoms with van der Waals surface area (Å²) >= 11 is 0. The predicted octanol–water partition coefficient (Wildman–Crippen LogP) is 1.65. The Labute approximate surface area is 111 Å². The highest BCUT2D eigenvalue weighted by molar-refractivity contribution is 4.98. The van der Waals surface area contributed by atoms with Crippen molar-refractivity contribution in [3.63, 3.8) is 0 Å². The number of nitrogens with zero attached hydrogens (tertiary/aromatic N) is 1. The Kier molecular flexibility index (Phi) is 4.64. The van der Waals surface area contributed by atoms with E-state index in [1.807, 2.05) is 0 Å². The number of hydrogen-bond acceptors (Lipinski definition) is 4. The van der Waals surface area contributed by atoms with Gasteiger partial charge in [0.05, 0.1) is 5.60 Å². The Hall–Kier alpha value is -0.160. The van der Waals surface area contributed by atoms with Crippen molar-refractivity contribution in [1.82, 2.24) is 10.4 Å². The zero-order valence-corrected chi connectivity index (χ0v) is 12.0. The van der Waals surface area contributed by atoms with Gasteiger partial charge in [0, 0.05) is 31.8 Å². The van der Waals surface area contributed by atoms with Gasteiger partial charge in [-0.2, -0.15) is 0 Å². The largest absolute Gasteiger partial charge is 0.375 e. The van der Waals surface area contributed by atoms with Crippen molar-refractivity contribution in [1.29, 1.82) is 0 Å². The van der Waals surface area contributed by atoms with Crippen LogP contribution in [-0.2, 0) is 4.74 Å². The van der Waals surface area contributed by atoms with Crippen LogP contribution >= 0.6 is 0 Å². The molecule has 3 N–H and O–H groups in total. The number of ether oxygens (including phenoxy) is 1. The number of hydrazine groups is 1. The van der Waals surface area contributed by atoms with E-state index in [1.54, 1.807) is 0 Å². The van der Waals surface area contributed by atoms with Crippen LogP contribution in [0.4, 0.5) is 0 Å². The second-order valence-electron chi connectivity index (χ2n) is 6.22. The molecule has 0 aliphatic carbocycles. The number of nitrogens with two attached hydrogens (primary N) is 1. The van der Waals surface area contributed by atoms with E-state index in [0.717, 1.165) is 39.0 Å². The minimum atomic E-state index is -0.0135. The molecule has 2 aliphatic heterocycles. The van der Waals surface area contributed by atoms with Gasteiger partial charge in [-0.25, -0.2) is 10.4 Å². The molecule has 0 aromatic heterocycles. The lowest BCUT2D eigenvalue weighted by Gasteiger charge is -2.48. The van der Waals surface area contributed by atoms with Crippen molar-refractivity contribution < 1.29 is 4.74 Å². The minimum absolute atomic E-state index is 0.0135. The summed E-state index contributed by atoms with van der Waals surface area (Å²) in [7, 11) is 0. The van der Waals surface area contributed by atoms with Crippen LogP contribution < -0.4 is 11.2 Å². The first-order chi connectivity index (χ1) is 8.61. The van der Waals surface area contributed by atoms with Crippen LogP contribution in [-0.4, -0.2) is 42.4 Å². The first-order valence-electron chi connectivity index (χ1n) is 7.48. The molecule has 0 aromatic carbocycles. The van der Waals surface area contributed by atoms with Gasteiger partial charge in [-0.05, 0) is 39.0 Å². The lowest BCUT2D eigenvalue weighted by Crippen LogP contribution is -2.64. The monoisotopic (exact) mass is 255 g/mol. The minimum Gasteiger partial charge on any atom is -0.375 e. The SMILES string of the molecule is CCC1(C)CC(CN)(NN2CCCCC2)CCO1. The highest BCUT2D eigenvalue weighted by Gasteiger charge is 2.42. The fraction of sp³-hybridized carbons (Fsp3) is 1.00. The predicted molar refractivity (Wildman–Crippen MR) is 74.2 cm³/mol. The van der Waals surface area contributed by atoms with Crippen LogP contribution in [0.25, 0.3) is 0 Å². The van der Waals surface area contributed by atoms with Crippen molar-refractivity contribution in [2.24, 2.45) is 5.73 Å². The van der Waals surface area contributed by atoms with Gasteiger partial charge in [0.2, 0.25) is 0 Å². The number of hydrogen-bond donors (Lipinski definition) is 2. The Morgan fingerprint density at radius 2 is 2.00 bits per heavy atom. The molecular weight excluding hydrogens is 226 g/mol. The molecule has 2 unspecified atom stereocenters. The highest BCUT2D eigenvalue weighted by Crippen LogP contribution is 2.34. The van der Waals surface area contributed by atoms with E-state index < -0.39 is 0 Å². The van der Waals surface area contributed by atoms with Gasteiger partial charge in [0.25, 0.3) is 0 Å². The maximum atomic E-state index is 6.09. The van der Waals surface area contributed by atoms with Crippen LogP contribution in [0.2, 0.25) is 0 Å². The molecule has 0 saturated carbocycles. The van der Waals surface area contributed by atoms with Gasteiger partial charge in [-0.15, -0.1) is 0 Å². The molecular formula is C14H29N3O. The third-order valence-electron chi connectivity index (χ3n) is 4.63. The van der Waals surface area contributed by atoms with Gasteiger partial charge in [0.15, 0.2) is 0 Å². The van der Waals surface area contributed by atoms with Gasteiger partial charge in [0.1, 0.15) is 0 Å². The maximum Gasteiger partial charge on any atom is 0.0670 e.